The molecule has 0 aliphatic carbocycles. The zero-order chi connectivity index (χ0) is 23.5. The maximum atomic E-state index is 13.0. The zero-order valence-electron chi connectivity index (χ0n) is 18.1. The number of halogens is 1. The lowest BCUT2D eigenvalue weighted by molar-refractivity contribution is -0.122. The number of carbonyl (C=O) groups is 3. The summed E-state index contributed by atoms with van der Waals surface area (Å²) in [6.07, 6.45) is 1.48. The predicted octanol–water partition coefficient (Wildman–Crippen LogP) is 5.15. The van der Waals surface area contributed by atoms with E-state index in [4.69, 9.17) is 4.74 Å². The van der Waals surface area contributed by atoms with Crippen LogP contribution in [0.2, 0.25) is 0 Å². The highest BCUT2D eigenvalue weighted by Gasteiger charge is 2.36. The maximum Gasteiger partial charge on any atom is 0.335 e. The summed E-state index contributed by atoms with van der Waals surface area (Å²) in [6.45, 7) is 4.38. The first-order valence-electron chi connectivity index (χ1n) is 10.3. The first-order chi connectivity index (χ1) is 15.8. The number of urea groups is 1. The predicted molar refractivity (Wildman–Crippen MR) is 135 cm³/mol. The van der Waals surface area contributed by atoms with Crippen molar-refractivity contribution in [3.8, 4) is 5.75 Å². The molecule has 1 fully saturated rings. The molecule has 4 rings (SSSR count). The zero-order valence-corrected chi connectivity index (χ0v) is 20.3. The summed E-state index contributed by atoms with van der Waals surface area (Å²) in [7, 11) is 0. The largest absolute Gasteiger partial charge is 0.488 e. The molecular weight excluding hydrogens is 531 g/mol. The number of aryl methyl sites for hydroxylation is 2. The summed E-state index contributed by atoms with van der Waals surface area (Å²) in [4.78, 5) is 38.7. The van der Waals surface area contributed by atoms with Crippen molar-refractivity contribution < 1.29 is 19.1 Å². The van der Waals surface area contributed by atoms with Crippen LogP contribution in [-0.4, -0.2) is 17.8 Å². The number of hydrogen-bond donors (Lipinski definition) is 1. The summed E-state index contributed by atoms with van der Waals surface area (Å²) < 4.78 is 6.77. The van der Waals surface area contributed by atoms with E-state index >= 15 is 0 Å². The van der Waals surface area contributed by atoms with E-state index in [1.54, 1.807) is 36.4 Å². The second kappa shape index (κ2) is 9.58. The van der Waals surface area contributed by atoms with Crippen molar-refractivity contribution in [1.82, 2.24) is 5.32 Å². The van der Waals surface area contributed by atoms with Crippen LogP contribution < -0.4 is 15.0 Å². The van der Waals surface area contributed by atoms with Gasteiger partial charge in [0.25, 0.3) is 11.8 Å². The highest BCUT2D eigenvalue weighted by atomic mass is 127. The Morgan fingerprint density at radius 1 is 0.939 bits per heavy atom. The van der Waals surface area contributed by atoms with Gasteiger partial charge in [0.2, 0.25) is 0 Å². The van der Waals surface area contributed by atoms with Crippen molar-refractivity contribution in [2.24, 2.45) is 0 Å². The van der Waals surface area contributed by atoms with E-state index in [1.165, 1.54) is 11.6 Å². The molecule has 0 radical (unpaired) electrons. The van der Waals surface area contributed by atoms with Gasteiger partial charge in [-0.1, -0.05) is 53.6 Å². The summed E-state index contributed by atoms with van der Waals surface area (Å²) in [5.74, 6) is -0.680. The van der Waals surface area contributed by atoms with Gasteiger partial charge in [-0.25, -0.2) is 9.69 Å². The van der Waals surface area contributed by atoms with Gasteiger partial charge in [0.05, 0.1) is 9.26 Å². The molecule has 166 valence electrons. The molecule has 4 amide bonds. The molecule has 0 atom stereocenters. The molecule has 1 N–H and O–H groups in total. The van der Waals surface area contributed by atoms with Crippen LogP contribution in [0.15, 0.2) is 72.3 Å². The van der Waals surface area contributed by atoms with Crippen molar-refractivity contribution in [3.05, 3.63) is 98.1 Å². The van der Waals surface area contributed by atoms with Crippen LogP contribution in [0.5, 0.6) is 5.75 Å². The van der Waals surface area contributed by atoms with Crippen molar-refractivity contribution in [2.75, 3.05) is 4.90 Å². The lowest BCUT2D eigenvalue weighted by Crippen LogP contribution is -2.54. The minimum Gasteiger partial charge on any atom is -0.488 e. The fraction of sp³-hybridized carbons (Fsp3) is 0.115. The number of anilines is 1. The van der Waals surface area contributed by atoms with Crippen molar-refractivity contribution >= 4 is 52.2 Å². The number of amides is 4. The third-order valence-corrected chi connectivity index (χ3v) is 5.98. The van der Waals surface area contributed by atoms with Gasteiger partial charge in [-0.05, 0) is 77.9 Å². The van der Waals surface area contributed by atoms with Crippen LogP contribution in [0, 0.1) is 17.4 Å². The Kier molecular flexibility index (Phi) is 6.60. The van der Waals surface area contributed by atoms with E-state index in [0.717, 1.165) is 19.6 Å². The van der Waals surface area contributed by atoms with Crippen LogP contribution in [0.1, 0.15) is 22.3 Å². The number of carbonyl (C=O) groups excluding carboxylic acids is 3. The van der Waals surface area contributed by atoms with E-state index in [2.05, 4.69) is 34.0 Å². The van der Waals surface area contributed by atoms with Gasteiger partial charge in [-0.2, -0.15) is 0 Å². The molecule has 7 heteroatoms. The van der Waals surface area contributed by atoms with E-state index in [-0.39, 0.29) is 5.57 Å². The first-order valence-corrected chi connectivity index (χ1v) is 11.4. The topological polar surface area (TPSA) is 75.7 Å². The number of imide groups is 2. The third-order valence-electron chi connectivity index (χ3n) is 5.14. The molecule has 0 saturated carbocycles. The van der Waals surface area contributed by atoms with Crippen LogP contribution in [0.3, 0.4) is 0 Å². The SMILES string of the molecule is Cc1ccc(N2C(=O)NC(=O)/C(=C\c3ccc(OCc4cccc(C)c4)c(I)c3)C2=O)cc1. The van der Waals surface area contributed by atoms with Gasteiger partial charge < -0.3 is 4.74 Å². The molecule has 0 bridgehead atoms. The Labute approximate surface area is 205 Å². The Hall–Kier alpha value is -3.46. The number of hydrogen-bond acceptors (Lipinski definition) is 4. The number of nitrogens with one attached hydrogen (secondary N) is 1. The molecule has 0 unspecified atom stereocenters. The van der Waals surface area contributed by atoms with Gasteiger partial charge in [-0.15, -0.1) is 0 Å². The normalized spacial score (nSPS) is 15.1. The molecule has 6 nitrogen and oxygen atoms in total. The lowest BCUT2D eigenvalue weighted by atomic mass is 10.1. The summed E-state index contributed by atoms with van der Waals surface area (Å²) in [6, 6.07) is 19.7. The van der Waals surface area contributed by atoms with Gasteiger partial charge in [0.1, 0.15) is 17.9 Å². The molecule has 1 heterocycles. The Balaban J connectivity index is 1.56. The van der Waals surface area contributed by atoms with Crippen LogP contribution in [0.25, 0.3) is 6.08 Å². The summed E-state index contributed by atoms with van der Waals surface area (Å²) in [5, 5.41) is 2.24. The number of rotatable bonds is 5. The molecule has 0 spiro atoms. The molecule has 3 aromatic carbocycles. The minimum atomic E-state index is -0.763. The molecule has 1 aliphatic heterocycles. The van der Waals surface area contributed by atoms with E-state index in [1.807, 2.05) is 38.1 Å². The molecule has 3 aromatic rings. The van der Waals surface area contributed by atoms with Crippen molar-refractivity contribution in [1.29, 1.82) is 0 Å². The monoisotopic (exact) mass is 552 g/mol. The molecular formula is C26H21IN2O4. The van der Waals surface area contributed by atoms with Gasteiger partial charge in [0, 0.05) is 0 Å². The van der Waals surface area contributed by atoms with Crippen molar-refractivity contribution in [3.63, 3.8) is 0 Å². The van der Waals surface area contributed by atoms with E-state index in [9.17, 15) is 14.4 Å². The number of ether oxygens (including phenoxy) is 1. The molecule has 0 aromatic heterocycles. The van der Waals surface area contributed by atoms with Crippen LogP contribution in [0.4, 0.5) is 10.5 Å². The van der Waals surface area contributed by atoms with E-state index in [0.29, 0.717) is 23.6 Å². The Bertz CT molecular complexity index is 1280. The number of barbiturate groups is 1. The Morgan fingerprint density at radius 2 is 1.70 bits per heavy atom. The minimum absolute atomic E-state index is 0.112. The molecule has 1 aliphatic rings. The second-order valence-electron chi connectivity index (χ2n) is 7.76. The lowest BCUT2D eigenvalue weighted by Gasteiger charge is -2.26. The summed E-state index contributed by atoms with van der Waals surface area (Å²) in [5.41, 5.74) is 4.17. The van der Waals surface area contributed by atoms with Crippen molar-refractivity contribution in [2.45, 2.75) is 20.5 Å². The average molecular weight is 552 g/mol. The smallest absolute Gasteiger partial charge is 0.335 e. The highest BCUT2D eigenvalue weighted by Crippen LogP contribution is 2.26. The van der Waals surface area contributed by atoms with Crippen LogP contribution in [-0.2, 0) is 16.2 Å². The fourth-order valence-electron chi connectivity index (χ4n) is 3.44. The first kappa shape index (κ1) is 22.7. The molecule has 1 saturated heterocycles. The van der Waals surface area contributed by atoms with Gasteiger partial charge in [0.15, 0.2) is 0 Å². The van der Waals surface area contributed by atoms with Gasteiger partial charge >= 0.3 is 6.03 Å². The third kappa shape index (κ3) is 5.14. The highest BCUT2D eigenvalue weighted by molar-refractivity contribution is 14.1. The molecule has 33 heavy (non-hydrogen) atoms. The van der Waals surface area contributed by atoms with Crippen LogP contribution >= 0.6 is 22.6 Å². The maximum absolute atomic E-state index is 13.0. The van der Waals surface area contributed by atoms with E-state index < -0.39 is 17.8 Å². The average Bonchev–Trinajstić information content (AvgIpc) is 2.77. The Morgan fingerprint density at radius 3 is 2.39 bits per heavy atom. The standard InChI is InChI=1S/C26H21IN2O4/c1-16-6-9-20(10-7-16)29-25(31)21(24(30)28-26(29)32)13-18-8-11-23(22(27)14-18)33-15-19-5-3-4-17(2)12-19/h3-14H,15H2,1-2H3,(H,28,30,32)/b21-13+. The fourth-order valence-corrected chi connectivity index (χ4v) is 4.13. The number of benzene rings is 3. The number of nitrogens with zero attached hydrogens (tertiary/aromatic N) is 1. The van der Waals surface area contributed by atoms with Gasteiger partial charge in [-0.3, -0.25) is 14.9 Å². The quantitative estimate of drug-likeness (QED) is 0.270. The second-order valence-corrected chi connectivity index (χ2v) is 8.92. The summed E-state index contributed by atoms with van der Waals surface area (Å²) >= 11 is 2.16.